The summed E-state index contributed by atoms with van der Waals surface area (Å²) in [4.78, 5) is 0. The van der Waals surface area contributed by atoms with Gasteiger partial charge in [-0.25, -0.2) is 4.39 Å². The van der Waals surface area contributed by atoms with Crippen molar-refractivity contribution in [2.24, 2.45) is 5.73 Å². The number of hydrogen-bond acceptors (Lipinski definition) is 1. The zero-order valence-corrected chi connectivity index (χ0v) is 8.56. The topological polar surface area (TPSA) is 26.0 Å². The van der Waals surface area contributed by atoms with Crippen molar-refractivity contribution in [1.82, 2.24) is 0 Å². The van der Waals surface area contributed by atoms with Crippen LogP contribution in [0.3, 0.4) is 0 Å². The summed E-state index contributed by atoms with van der Waals surface area (Å²) >= 11 is 0. The minimum absolute atomic E-state index is 0. The minimum Gasteiger partial charge on any atom is -0.323 e. The number of benzene rings is 1. The van der Waals surface area contributed by atoms with Gasteiger partial charge in [-0.3, -0.25) is 0 Å². The van der Waals surface area contributed by atoms with Gasteiger partial charge >= 0.3 is 0 Å². The second-order valence-electron chi connectivity index (χ2n) is 4.47. The predicted molar refractivity (Wildman–Crippen MR) is 56.4 cm³/mol. The lowest BCUT2D eigenvalue weighted by molar-refractivity contribution is -0.158. The van der Waals surface area contributed by atoms with E-state index in [9.17, 15) is 4.39 Å². The molecule has 3 heteroatoms. The van der Waals surface area contributed by atoms with Crippen LogP contribution in [0.4, 0.5) is 4.39 Å². The molecule has 0 amide bonds. The van der Waals surface area contributed by atoms with Crippen molar-refractivity contribution in [2.45, 2.75) is 30.0 Å². The molecule has 0 heterocycles. The number of nitrogens with two attached hydrogens (primary N) is 1. The van der Waals surface area contributed by atoms with E-state index in [1.807, 2.05) is 30.3 Å². The summed E-state index contributed by atoms with van der Waals surface area (Å²) in [5.74, 6) is 0. The zero-order chi connectivity index (χ0) is 9.10. The first-order valence-corrected chi connectivity index (χ1v) is 4.66. The SMILES string of the molecule is Cl.NC12CC(c3ccccc3)(C1)C2F. The third kappa shape index (κ3) is 0.882. The van der Waals surface area contributed by atoms with Gasteiger partial charge in [0.2, 0.25) is 0 Å². The van der Waals surface area contributed by atoms with Gasteiger partial charge in [0.1, 0.15) is 6.17 Å². The predicted octanol–water partition coefficient (Wildman–Crippen LogP) is 2.19. The molecule has 1 nitrogen and oxygen atoms in total. The molecule has 3 aliphatic rings. The molecule has 4 rings (SSSR count). The van der Waals surface area contributed by atoms with Crippen LogP contribution in [0.25, 0.3) is 0 Å². The van der Waals surface area contributed by atoms with Gasteiger partial charge in [-0.1, -0.05) is 30.3 Å². The number of hydrogen-bond donors (Lipinski definition) is 1. The molecule has 0 aliphatic heterocycles. The maximum absolute atomic E-state index is 13.6. The van der Waals surface area contributed by atoms with Gasteiger partial charge in [0.25, 0.3) is 0 Å². The maximum Gasteiger partial charge on any atom is 0.128 e. The van der Waals surface area contributed by atoms with Crippen LogP contribution >= 0.6 is 12.4 Å². The molecular weight excluding hydrogens is 201 g/mol. The Bertz CT molecular complexity index is 346. The van der Waals surface area contributed by atoms with Gasteiger partial charge in [-0.05, 0) is 18.4 Å². The molecule has 0 saturated heterocycles. The fraction of sp³-hybridized carbons (Fsp3) is 0.455. The van der Waals surface area contributed by atoms with E-state index in [-0.39, 0.29) is 17.8 Å². The van der Waals surface area contributed by atoms with Crippen LogP contribution in [0.2, 0.25) is 0 Å². The van der Waals surface area contributed by atoms with Crippen LogP contribution in [0.1, 0.15) is 18.4 Å². The van der Waals surface area contributed by atoms with Crippen molar-refractivity contribution in [1.29, 1.82) is 0 Å². The Morgan fingerprint density at radius 2 is 1.79 bits per heavy atom. The molecule has 2 N–H and O–H groups in total. The van der Waals surface area contributed by atoms with Crippen LogP contribution < -0.4 is 5.73 Å². The quantitative estimate of drug-likeness (QED) is 0.761. The van der Waals surface area contributed by atoms with Crippen molar-refractivity contribution in [3.8, 4) is 0 Å². The number of alkyl halides is 1. The lowest BCUT2D eigenvalue weighted by Crippen LogP contribution is -2.83. The molecule has 3 aliphatic carbocycles. The van der Waals surface area contributed by atoms with E-state index in [0.717, 1.165) is 18.4 Å². The molecule has 1 aromatic rings. The van der Waals surface area contributed by atoms with Gasteiger partial charge in [0, 0.05) is 11.0 Å². The highest BCUT2D eigenvalue weighted by atomic mass is 35.5. The summed E-state index contributed by atoms with van der Waals surface area (Å²) in [5, 5.41) is 0. The molecule has 3 saturated carbocycles. The third-order valence-corrected chi connectivity index (χ3v) is 3.63. The fourth-order valence-electron chi connectivity index (χ4n) is 2.89. The van der Waals surface area contributed by atoms with Crippen LogP contribution in [-0.2, 0) is 5.41 Å². The van der Waals surface area contributed by atoms with E-state index >= 15 is 0 Å². The smallest absolute Gasteiger partial charge is 0.128 e. The Morgan fingerprint density at radius 1 is 1.21 bits per heavy atom. The Kier molecular flexibility index (Phi) is 1.92. The normalized spacial score (nSPS) is 43.1. The molecular formula is C11H13ClFN. The molecule has 76 valence electrons. The zero-order valence-electron chi connectivity index (χ0n) is 7.74. The Balaban J connectivity index is 0.000000750. The third-order valence-electron chi connectivity index (χ3n) is 3.63. The molecule has 0 aromatic heterocycles. The van der Waals surface area contributed by atoms with Crippen molar-refractivity contribution in [3.63, 3.8) is 0 Å². The van der Waals surface area contributed by atoms with E-state index in [0.29, 0.717) is 0 Å². The average Bonchev–Trinajstić information content (AvgIpc) is 2.15. The Labute approximate surface area is 88.9 Å². The minimum atomic E-state index is -0.817. The van der Waals surface area contributed by atoms with Gasteiger partial charge in [0.05, 0.1) is 0 Å². The summed E-state index contributed by atoms with van der Waals surface area (Å²) in [6.45, 7) is 0. The van der Waals surface area contributed by atoms with Crippen LogP contribution in [-0.4, -0.2) is 11.7 Å². The Hall–Kier alpha value is -0.600. The highest BCUT2D eigenvalue weighted by molar-refractivity contribution is 5.85. The van der Waals surface area contributed by atoms with E-state index in [1.165, 1.54) is 0 Å². The van der Waals surface area contributed by atoms with Crippen LogP contribution in [0.5, 0.6) is 0 Å². The molecule has 2 bridgehead atoms. The highest BCUT2D eigenvalue weighted by Crippen LogP contribution is 2.67. The maximum atomic E-state index is 13.6. The van der Waals surface area contributed by atoms with Crippen molar-refractivity contribution in [3.05, 3.63) is 35.9 Å². The number of halogens is 2. The van der Waals surface area contributed by atoms with Crippen molar-refractivity contribution in [2.75, 3.05) is 0 Å². The Morgan fingerprint density at radius 3 is 2.21 bits per heavy atom. The van der Waals surface area contributed by atoms with Crippen molar-refractivity contribution >= 4 is 12.4 Å². The first kappa shape index (κ1) is 9.94. The molecule has 3 fully saturated rings. The van der Waals surface area contributed by atoms with Gasteiger partial charge in [0.15, 0.2) is 0 Å². The summed E-state index contributed by atoms with van der Waals surface area (Å²) in [6.07, 6.45) is 0.832. The van der Waals surface area contributed by atoms with Gasteiger partial charge in [-0.2, -0.15) is 0 Å². The number of rotatable bonds is 1. The first-order valence-electron chi connectivity index (χ1n) is 4.66. The standard InChI is InChI=1S/C11H12FN.ClH/c12-9-10(6-11(9,13)7-10)8-4-2-1-3-5-8;/h1-5,9H,6-7,13H2;1H. The lowest BCUT2D eigenvalue weighted by atomic mass is 9.36. The van der Waals surface area contributed by atoms with Crippen LogP contribution in [0, 0.1) is 0 Å². The lowest BCUT2D eigenvalue weighted by Gasteiger charge is -2.71. The van der Waals surface area contributed by atoms with E-state index < -0.39 is 11.7 Å². The van der Waals surface area contributed by atoms with Gasteiger partial charge in [-0.15, -0.1) is 12.4 Å². The van der Waals surface area contributed by atoms with Crippen molar-refractivity contribution < 1.29 is 4.39 Å². The van der Waals surface area contributed by atoms with E-state index in [4.69, 9.17) is 5.73 Å². The highest BCUT2D eigenvalue weighted by Gasteiger charge is 2.75. The molecule has 1 aromatic carbocycles. The molecule has 0 spiro atoms. The summed E-state index contributed by atoms with van der Waals surface area (Å²) in [5.41, 5.74) is 6.21. The summed E-state index contributed by atoms with van der Waals surface area (Å²) < 4.78 is 13.6. The molecule has 0 radical (unpaired) electrons. The molecule has 1 unspecified atom stereocenters. The molecule has 14 heavy (non-hydrogen) atoms. The second kappa shape index (κ2) is 2.71. The summed E-state index contributed by atoms with van der Waals surface area (Å²) in [6, 6.07) is 9.90. The monoisotopic (exact) mass is 213 g/mol. The van der Waals surface area contributed by atoms with Gasteiger partial charge < -0.3 is 5.73 Å². The molecule has 1 atom stereocenters. The largest absolute Gasteiger partial charge is 0.323 e. The van der Waals surface area contributed by atoms with Crippen LogP contribution in [0.15, 0.2) is 30.3 Å². The average molecular weight is 214 g/mol. The second-order valence-corrected chi connectivity index (χ2v) is 4.47. The summed E-state index contributed by atoms with van der Waals surface area (Å²) in [7, 11) is 0. The van der Waals surface area contributed by atoms with E-state index in [2.05, 4.69) is 0 Å². The van der Waals surface area contributed by atoms with E-state index in [1.54, 1.807) is 0 Å². The first-order chi connectivity index (χ1) is 6.17. The fourth-order valence-corrected chi connectivity index (χ4v) is 2.89.